The van der Waals surface area contributed by atoms with E-state index < -0.39 is 0 Å². The first-order valence-corrected chi connectivity index (χ1v) is 6.48. The zero-order valence-corrected chi connectivity index (χ0v) is 11.3. The minimum Gasteiger partial charge on any atom is -0.341 e. The lowest BCUT2D eigenvalue weighted by Gasteiger charge is -2.02. The SMILES string of the molecule is CNCc1cn(Cc2ccn(C)n2)c2ccccc12. The van der Waals surface area contributed by atoms with Crippen LogP contribution in [0.1, 0.15) is 11.3 Å². The zero-order chi connectivity index (χ0) is 13.2. The lowest BCUT2D eigenvalue weighted by Crippen LogP contribution is -2.04. The Morgan fingerprint density at radius 3 is 2.79 bits per heavy atom. The summed E-state index contributed by atoms with van der Waals surface area (Å²) in [6.07, 6.45) is 4.20. The average Bonchev–Trinajstić information content (AvgIpc) is 2.97. The number of benzene rings is 1. The van der Waals surface area contributed by atoms with Crippen molar-refractivity contribution in [2.75, 3.05) is 7.05 Å². The fourth-order valence-electron chi connectivity index (χ4n) is 2.51. The van der Waals surface area contributed by atoms with Crippen LogP contribution in [-0.2, 0) is 20.1 Å². The fraction of sp³-hybridized carbons (Fsp3) is 0.267. The number of fused-ring (bicyclic) bond motifs is 1. The largest absolute Gasteiger partial charge is 0.341 e. The molecule has 3 rings (SSSR count). The predicted molar refractivity (Wildman–Crippen MR) is 77.0 cm³/mol. The number of hydrogen-bond donors (Lipinski definition) is 1. The quantitative estimate of drug-likeness (QED) is 0.774. The molecule has 0 aliphatic carbocycles. The topological polar surface area (TPSA) is 34.8 Å². The van der Waals surface area contributed by atoms with Gasteiger partial charge in [-0.3, -0.25) is 4.68 Å². The van der Waals surface area contributed by atoms with Crippen LogP contribution in [0.25, 0.3) is 10.9 Å². The van der Waals surface area contributed by atoms with Crippen LogP contribution < -0.4 is 5.32 Å². The van der Waals surface area contributed by atoms with Gasteiger partial charge in [0.15, 0.2) is 0 Å². The molecule has 3 aromatic rings. The maximum absolute atomic E-state index is 4.45. The Balaban J connectivity index is 2.03. The summed E-state index contributed by atoms with van der Waals surface area (Å²) >= 11 is 0. The van der Waals surface area contributed by atoms with Gasteiger partial charge in [-0.05, 0) is 24.7 Å². The number of nitrogens with zero attached hydrogens (tertiary/aromatic N) is 3. The second-order valence-corrected chi connectivity index (χ2v) is 4.81. The molecule has 0 amide bonds. The smallest absolute Gasteiger partial charge is 0.0821 e. The fourth-order valence-corrected chi connectivity index (χ4v) is 2.51. The molecular weight excluding hydrogens is 236 g/mol. The van der Waals surface area contributed by atoms with Crippen LogP contribution in [0.4, 0.5) is 0 Å². The molecule has 2 aromatic heterocycles. The number of hydrogen-bond acceptors (Lipinski definition) is 2. The Hall–Kier alpha value is -2.07. The molecule has 0 saturated heterocycles. The lowest BCUT2D eigenvalue weighted by atomic mass is 10.2. The van der Waals surface area contributed by atoms with E-state index in [4.69, 9.17) is 0 Å². The minimum atomic E-state index is 0.811. The molecule has 0 saturated carbocycles. The average molecular weight is 254 g/mol. The molecule has 98 valence electrons. The highest BCUT2D eigenvalue weighted by Crippen LogP contribution is 2.22. The molecule has 2 heterocycles. The first kappa shape index (κ1) is 12.0. The standard InChI is InChI=1S/C15H18N4/c1-16-9-12-10-19(11-13-7-8-18(2)17-13)15-6-4-3-5-14(12)15/h3-8,10,16H,9,11H2,1-2H3. The Bertz CT molecular complexity index is 693. The van der Waals surface area contributed by atoms with Crippen molar-refractivity contribution in [1.29, 1.82) is 0 Å². The third-order valence-corrected chi connectivity index (χ3v) is 3.34. The van der Waals surface area contributed by atoms with E-state index in [9.17, 15) is 0 Å². The molecule has 0 spiro atoms. The summed E-state index contributed by atoms with van der Waals surface area (Å²) in [4.78, 5) is 0. The highest BCUT2D eigenvalue weighted by molar-refractivity contribution is 5.84. The van der Waals surface area contributed by atoms with Crippen LogP contribution >= 0.6 is 0 Å². The normalized spacial score (nSPS) is 11.3. The van der Waals surface area contributed by atoms with E-state index in [2.05, 4.69) is 51.5 Å². The second kappa shape index (κ2) is 4.90. The van der Waals surface area contributed by atoms with Crippen molar-refractivity contribution in [2.45, 2.75) is 13.1 Å². The number of aromatic nitrogens is 3. The minimum absolute atomic E-state index is 0.811. The van der Waals surface area contributed by atoms with Crippen molar-refractivity contribution in [1.82, 2.24) is 19.7 Å². The zero-order valence-electron chi connectivity index (χ0n) is 11.3. The van der Waals surface area contributed by atoms with E-state index in [1.807, 2.05) is 25.0 Å². The van der Waals surface area contributed by atoms with Crippen LogP contribution in [0.2, 0.25) is 0 Å². The van der Waals surface area contributed by atoms with Crippen molar-refractivity contribution >= 4 is 10.9 Å². The number of nitrogens with one attached hydrogen (secondary N) is 1. The van der Waals surface area contributed by atoms with E-state index >= 15 is 0 Å². The summed E-state index contributed by atoms with van der Waals surface area (Å²) < 4.78 is 4.11. The van der Waals surface area contributed by atoms with Crippen LogP contribution in [0.15, 0.2) is 42.7 Å². The molecule has 0 fully saturated rings. The van der Waals surface area contributed by atoms with E-state index in [0.717, 1.165) is 18.8 Å². The summed E-state index contributed by atoms with van der Waals surface area (Å²) in [5, 5.41) is 8.99. The van der Waals surface area contributed by atoms with Crippen molar-refractivity contribution in [3.63, 3.8) is 0 Å². The lowest BCUT2D eigenvalue weighted by molar-refractivity contribution is 0.714. The summed E-state index contributed by atoms with van der Waals surface area (Å²) in [5.41, 5.74) is 3.67. The Kier molecular flexibility index (Phi) is 3.09. The van der Waals surface area contributed by atoms with Gasteiger partial charge in [-0.15, -0.1) is 0 Å². The van der Waals surface area contributed by atoms with Crippen LogP contribution in [0.3, 0.4) is 0 Å². The molecular formula is C15H18N4. The van der Waals surface area contributed by atoms with Crippen molar-refractivity contribution in [3.8, 4) is 0 Å². The van der Waals surface area contributed by atoms with E-state index in [-0.39, 0.29) is 0 Å². The molecule has 0 atom stereocenters. The van der Waals surface area contributed by atoms with Gasteiger partial charge < -0.3 is 9.88 Å². The number of aryl methyl sites for hydroxylation is 1. The van der Waals surface area contributed by atoms with Crippen molar-refractivity contribution in [2.24, 2.45) is 7.05 Å². The van der Waals surface area contributed by atoms with Crippen molar-refractivity contribution < 1.29 is 0 Å². The van der Waals surface area contributed by atoms with Crippen LogP contribution in [-0.4, -0.2) is 21.4 Å². The van der Waals surface area contributed by atoms with Gasteiger partial charge in [-0.25, -0.2) is 0 Å². The molecule has 0 aliphatic rings. The predicted octanol–water partition coefficient (Wildman–Crippen LogP) is 2.14. The molecule has 0 aliphatic heterocycles. The highest BCUT2D eigenvalue weighted by atomic mass is 15.3. The van der Waals surface area contributed by atoms with E-state index in [1.165, 1.54) is 16.5 Å². The first-order valence-electron chi connectivity index (χ1n) is 6.48. The first-order chi connectivity index (χ1) is 9.28. The van der Waals surface area contributed by atoms with Gasteiger partial charge >= 0.3 is 0 Å². The number of para-hydroxylation sites is 1. The Morgan fingerprint density at radius 1 is 1.21 bits per heavy atom. The molecule has 4 heteroatoms. The summed E-state index contributed by atoms with van der Waals surface area (Å²) in [6, 6.07) is 10.6. The van der Waals surface area contributed by atoms with Gasteiger partial charge in [0, 0.05) is 36.9 Å². The van der Waals surface area contributed by atoms with Gasteiger partial charge in [-0.1, -0.05) is 18.2 Å². The molecule has 4 nitrogen and oxygen atoms in total. The highest BCUT2D eigenvalue weighted by Gasteiger charge is 2.08. The monoisotopic (exact) mass is 254 g/mol. The summed E-state index contributed by atoms with van der Waals surface area (Å²) in [7, 11) is 3.93. The van der Waals surface area contributed by atoms with Crippen LogP contribution in [0.5, 0.6) is 0 Å². The molecule has 19 heavy (non-hydrogen) atoms. The third-order valence-electron chi connectivity index (χ3n) is 3.34. The summed E-state index contributed by atoms with van der Waals surface area (Å²) in [6.45, 7) is 1.70. The van der Waals surface area contributed by atoms with Gasteiger partial charge in [0.25, 0.3) is 0 Å². The van der Waals surface area contributed by atoms with Gasteiger partial charge in [0.1, 0.15) is 0 Å². The van der Waals surface area contributed by atoms with Crippen LogP contribution in [0, 0.1) is 0 Å². The van der Waals surface area contributed by atoms with Gasteiger partial charge in [0.2, 0.25) is 0 Å². The van der Waals surface area contributed by atoms with Gasteiger partial charge in [-0.2, -0.15) is 5.10 Å². The van der Waals surface area contributed by atoms with Crippen molar-refractivity contribution in [3.05, 3.63) is 54.0 Å². The molecule has 1 aromatic carbocycles. The number of rotatable bonds is 4. The summed E-state index contributed by atoms with van der Waals surface area (Å²) in [5.74, 6) is 0. The molecule has 0 unspecified atom stereocenters. The Morgan fingerprint density at radius 2 is 2.05 bits per heavy atom. The van der Waals surface area contributed by atoms with Gasteiger partial charge in [0.05, 0.1) is 12.2 Å². The second-order valence-electron chi connectivity index (χ2n) is 4.81. The molecule has 0 bridgehead atoms. The maximum Gasteiger partial charge on any atom is 0.0821 e. The maximum atomic E-state index is 4.45. The van der Waals surface area contributed by atoms with E-state index in [1.54, 1.807) is 0 Å². The molecule has 1 N–H and O–H groups in total. The molecule has 0 radical (unpaired) electrons. The third kappa shape index (κ3) is 2.27. The van der Waals surface area contributed by atoms with E-state index in [0.29, 0.717) is 0 Å². The Labute approximate surface area is 112 Å².